The van der Waals surface area contributed by atoms with E-state index in [1.165, 1.54) is 11.3 Å². The molecule has 2 aromatic rings. The van der Waals surface area contributed by atoms with Gasteiger partial charge in [0.25, 0.3) is 0 Å². The number of ether oxygens (including phenoxy) is 1. The molecule has 0 saturated carbocycles. The van der Waals surface area contributed by atoms with E-state index < -0.39 is 0 Å². The lowest BCUT2D eigenvalue weighted by Gasteiger charge is -2.01. The van der Waals surface area contributed by atoms with Crippen LogP contribution in [-0.4, -0.2) is 12.9 Å². The zero-order valence-electron chi connectivity index (χ0n) is 8.57. The Morgan fingerprint density at radius 1 is 1.31 bits per heavy atom. The number of ketones is 1. The minimum absolute atomic E-state index is 0.00634. The van der Waals surface area contributed by atoms with E-state index in [9.17, 15) is 4.79 Å². The van der Waals surface area contributed by atoms with Gasteiger partial charge in [-0.3, -0.25) is 4.79 Å². The van der Waals surface area contributed by atoms with Crippen molar-refractivity contribution in [2.24, 2.45) is 0 Å². The van der Waals surface area contributed by atoms with Crippen molar-refractivity contribution in [1.29, 1.82) is 0 Å². The predicted molar refractivity (Wildman–Crippen MR) is 68.4 cm³/mol. The average Bonchev–Trinajstić information content (AvgIpc) is 2.70. The van der Waals surface area contributed by atoms with Crippen molar-refractivity contribution in [2.75, 3.05) is 7.11 Å². The molecule has 0 unspecified atom stereocenters. The molecule has 1 heterocycles. The Morgan fingerprint density at radius 2 is 2.00 bits per heavy atom. The summed E-state index contributed by atoms with van der Waals surface area (Å²) in [5.41, 5.74) is 0.676. The van der Waals surface area contributed by atoms with E-state index in [1.54, 1.807) is 25.3 Å². The number of hydrogen-bond donors (Lipinski definition) is 0. The maximum Gasteiger partial charge on any atom is 0.206 e. The van der Waals surface area contributed by atoms with Gasteiger partial charge in [0.05, 0.1) is 10.9 Å². The third-order valence-corrected chi connectivity index (χ3v) is 3.75. The second-order valence-corrected chi connectivity index (χ2v) is 5.57. The standard InChI is InChI=1S/C12H9BrO2S/c1-15-9-7-10(13)16-12(9)11(14)8-5-3-2-4-6-8/h2-7H,1H3. The topological polar surface area (TPSA) is 26.3 Å². The zero-order chi connectivity index (χ0) is 11.5. The monoisotopic (exact) mass is 296 g/mol. The first kappa shape index (κ1) is 11.4. The van der Waals surface area contributed by atoms with Crippen LogP contribution in [0.2, 0.25) is 0 Å². The molecule has 0 aliphatic heterocycles. The average molecular weight is 297 g/mol. The molecule has 0 amide bonds. The lowest BCUT2D eigenvalue weighted by atomic mass is 10.1. The molecule has 1 aromatic carbocycles. The maximum atomic E-state index is 12.1. The Labute approximate surface area is 106 Å². The Bertz CT molecular complexity index is 505. The quantitative estimate of drug-likeness (QED) is 0.807. The molecule has 4 heteroatoms. The number of methoxy groups -OCH3 is 1. The van der Waals surface area contributed by atoms with Crippen LogP contribution in [0.1, 0.15) is 15.2 Å². The summed E-state index contributed by atoms with van der Waals surface area (Å²) in [5.74, 6) is 0.610. The van der Waals surface area contributed by atoms with E-state index >= 15 is 0 Å². The van der Waals surface area contributed by atoms with Gasteiger partial charge < -0.3 is 4.74 Å². The van der Waals surface area contributed by atoms with E-state index in [2.05, 4.69) is 15.9 Å². The molecule has 2 rings (SSSR count). The maximum absolute atomic E-state index is 12.1. The van der Waals surface area contributed by atoms with Gasteiger partial charge in [-0.15, -0.1) is 11.3 Å². The molecule has 0 radical (unpaired) electrons. The summed E-state index contributed by atoms with van der Waals surface area (Å²) in [5, 5.41) is 0. The van der Waals surface area contributed by atoms with Crippen LogP contribution >= 0.6 is 27.3 Å². The summed E-state index contributed by atoms with van der Waals surface area (Å²) in [6, 6.07) is 11.0. The molecular formula is C12H9BrO2S. The molecule has 2 nitrogen and oxygen atoms in total. The minimum Gasteiger partial charge on any atom is -0.495 e. The minimum atomic E-state index is -0.00634. The summed E-state index contributed by atoms with van der Waals surface area (Å²) in [4.78, 5) is 12.8. The Balaban J connectivity index is 2.41. The second-order valence-electron chi connectivity index (χ2n) is 3.14. The largest absolute Gasteiger partial charge is 0.495 e. The molecule has 1 aromatic heterocycles. The predicted octanol–water partition coefficient (Wildman–Crippen LogP) is 3.75. The van der Waals surface area contributed by atoms with Gasteiger partial charge in [-0.1, -0.05) is 30.3 Å². The highest BCUT2D eigenvalue weighted by atomic mass is 79.9. The first-order valence-corrected chi connectivity index (χ1v) is 6.26. The lowest BCUT2D eigenvalue weighted by molar-refractivity contribution is 0.104. The number of rotatable bonds is 3. The summed E-state index contributed by atoms with van der Waals surface area (Å²) in [7, 11) is 1.57. The van der Waals surface area contributed by atoms with Crippen LogP contribution in [0.25, 0.3) is 0 Å². The van der Waals surface area contributed by atoms with Gasteiger partial charge in [-0.25, -0.2) is 0 Å². The van der Waals surface area contributed by atoms with Crippen molar-refractivity contribution < 1.29 is 9.53 Å². The van der Waals surface area contributed by atoms with E-state index in [0.717, 1.165) is 3.79 Å². The number of halogens is 1. The highest BCUT2D eigenvalue weighted by Gasteiger charge is 2.17. The van der Waals surface area contributed by atoms with Crippen molar-refractivity contribution in [3.05, 3.63) is 50.6 Å². The van der Waals surface area contributed by atoms with Crippen LogP contribution in [0, 0.1) is 0 Å². The van der Waals surface area contributed by atoms with Gasteiger partial charge in [-0.2, -0.15) is 0 Å². The third kappa shape index (κ3) is 2.18. The number of thiophene rings is 1. The first-order chi connectivity index (χ1) is 7.72. The first-order valence-electron chi connectivity index (χ1n) is 4.65. The summed E-state index contributed by atoms with van der Waals surface area (Å²) < 4.78 is 6.06. The number of carbonyl (C=O) groups excluding carboxylic acids is 1. The van der Waals surface area contributed by atoms with Crippen molar-refractivity contribution in [2.45, 2.75) is 0 Å². The molecule has 0 aliphatic rings. The van der Waals surface area contributed by atoms with E-state index in [4.69, 9.17) is 4.74 Å². The fraction of sp³-hybridized carbons (Fsp3) is 0.0833. The molecule has 16 heavy (non-hydrogen) atoms. The fourth-order valence-corrected chi connectivity index (χ4v) is 2.88. The van der Waals surface area contributed by atoms with Gasteiger partial charge in [0.2, 0.25) is 5.78 Å². The van der Waals surface area contributed by atoms with Crippen LogP contribution in [0.4, 0.5) is 0 Å². The number of carbonyl (C=O) groups is 1. The fourth-order valence-electron chi connectivity index (χ4n) is 1.38. The highest BCUT2D eigenvalue weighted by Crippen LogP contribution is 2.34. The molecule has 0 spiro atoms. The van der Waals surface area contributed by atoms with Gasteiger partial charge in [0, 0.05) is 11.6 Å². The Morgan fingerprint density at radius 3 is 2.62 bits per heavy atom. The van der Waals surface area contributed by atoms with Crippen LogP contribution in [0.3, 0.4) is 0 Å². The smallest absolute Gasteiger partial charge is 0.206 e. The SMILES string of the molecule is COc1cc(Br)sc1C(=O)c1ccccc1. The highest BCUT2D eigenvalue weighted by molar-refractivity contribution is 9.11. The summed E-state index contributed by atoms with van der Waals surface area (Å²) >= 11 is 4.73. The van der Waals surface area contributed by atoms with Crippen LogP contribution in [0.5, 0.6) is 5.75 Å². The van der Waals surface area contributed by atoms with E-state index in [1.807, 2.05) is 18.2 Å². The second kappa shape index (κ2) is 4.80. The Kier molecular flexibility index (Phi) is 3.41. The van der Waals surface area contributed by atoms with Crippen LogP contribution in [-0.2, 0) is 0 Å². The molecule has 82 valence electrons. The van der Waals surface area contributed by atoms with Gasteiger partial charge in [-0.05, 0) is 15.9 Å². The van der Waals surface area contributed by atoms with Gasteiger partial charge in [0.15, 0.2) is 0 Å². The number of benzene rings is 1. The molecule has 0 bridgehead atoms. The van der Waals surface area contributed by atoms with Crippen LogP contribution in [0.15, 0.2) is 40.2 Å². The molecular weight excluding hydrogens is 288 g/mol. The van der Waals surface area contributed by atoms with E-state index in [-0.39, 0.29) is 5.78 Å². The molecule has 0 N–H and O–H groups in total. The summed E-state index contributed by atoms with van der Waals surface area (Å²) in [6.07, 6.45) is 0. The summed E-state index contributed by atoms with van der Waals surface area (Å²) in [6.45, 7) is 0. The molecule has 0 atom stereocenters. The lowest BCUT2D eigenvalue weighted by Crippen LogP contribution is -2.00. The Hall–Kier alpha value is -1.13. The van der Waals surface area contributed by atoms with Crippen molar-refractivity contribution in [3.63, 3.8) is 0 Å². The molecule has 0 aliphatic carbocycles. The third-order valence-electron chi connectivity index (χ3n) is 2.13. The number of hydrogen-bond acceptors (Lipinski definition) is 3. The van der Waals surface area contributed by atoms with Crippen molar-refractivity contribution in [3.8, 4) is 5.75 Å². The van der Waals surface area contributed by atoms with Crippen molar-refractivity contribution >= 4 is 33.0 Å². The zero-order valence-corrected chi connectivity index (χ0v) is 11.0. The van der Waals surface area contributed by atoms with Crippen LogP contribution < -0.4 is 4.74 Å². The molecule has 0 saturated heterocycles. The van der Waals surface area contributed by atoms with Crippen molar-refractivity contribution in [1.82, 2.24) is 0 Å². The molecule has 0 fully saturated rings. The van der Waals surface area contributed by atoms with E-state index in [0.29, 0.717) is 16.2 Å². The van der Waals surface area contributed by atoms with Gasteiger partial charge in [0.1, 0.15) is 10.6 Å². The van der Waals surface area contributed by atoms with Gasteiger partial charge >= 0.3 is 0 Å². The normalized spacial score (nSPS) is 10.1.